The van der Waals surface area contributed by atoms with Crippen LogP contribution in [0.1, 0.15) is 30.8 Å². The third kappa shape index (κ3) is 2.15. The molecule has 2 unspecified atom stereocenters. The van der Waals surface area contributed by atoms with Crippen LogP contribution in [0, 0.1) is 11.2 Å². The van der Waals surface area contributed by atoms with Crippen LogP contribution in [0.25, 0.3) is 0 Å². The standard InChI is InChI=1S/C12H15FN2O2/c1-12(2)9(5-10(12)16)15-11(17)8-4-3-7(13)6-14-8/h3-4,6,9-10,16H,5H2,1-2H3,(H,15,17). The van der Waals surface area contributed by atoms with Gasteiger partial charge in [0.05, 0.1) is 12.3 Å². The number of halogens is 1. The van der Waals surface area contributed by atoms with Gasteiger partial charge in [-0.1, -0.05) is 13.8 Å². The fourth-order valence-corrected chi connectivity index (χ4v) is 1.89. The summed E-state index contributed by atoms with van der Waals surface area (Å²) in [5.74, 6) is -0.809. The summed E-state index contributed by atoms with van der Waals surface area (Å²) in [6.07, 6.45) is 1.16. The highest BCUT2D eigenvalue weighted by Crippen LogP contribution is 2.40. The van der Waals surface area contributed by atoms with Gasteiger partial charge in [0.1, 0.15) is 11.5 Å². The zero-order valence-corrected chi connectivity index (χ0v) is 9.77. The molecule has 1 amide bonds. The number of hydrogen-bond donors (Lipinski definition) is 2. The minimum Gasteiger partial charge on any atom is -0.392 e. The number of rotatable bonds is 2. The largest absolute Gasteiger partial charge is 0.392 e. The SMILES string of the molecule is CC1(C)C(O)CC1NC(=O)c1ccc(F)cn1. The molecule has 0 saturated heterocycles. The van der Waals surface area contributed by atoms with E-state index in [0.29, 0.717) is 6.42 Å². The molecule has 1 aliphatic rings. The Bertz CT molecular complexity index is 431. The number of carbonyl (C=O) groups excluding carboxylic acids is 1. The van der Waals surface area contributed by atoms with Crippen molar-refractivity contribution in [2.75, 3.05) is 0 Å². The Morgan fingerprint density at radius 1 is 1.59 bits per heavy atom. The van der Waals surface area contributed by atoms with Crippen LogP contribution in [0.3, 0.4) is 0 Å². The van der Waals surface area contributed by atoms with E-state index >= 15 is 0 Å². The Kier molecular flexibility index (Phi) is 2.87. The summed E-state index contributed by atoms with van der Waals surface area (Å²) in [6.45, 7) is 3.79. The average Bonchev–Trinajstić information content (AvgIpc) is 2.29. The van der Waals surface area contributed by atoms with Crippen molar-refractivity contribution in [3.8, 4) is 0 Å². The molecular weight excluding hydrogens is 223 g/mol. The number of aliphatic hydroxyl groups excluding tert-OH is 1. The normalized spacial score (nSPS) is 26.1. The van der Waals surface area contributed by atoms with Gasteiger partial charge in [-0.05, 0) is 18.6 Å². The minimum absolute atomic E-state index is 0.0724. The Balaban J connectivity index is 2.01. The quantitative estimate of drug-likeness (QED) is 0.811. The predicted molar refractivity (Wildman–Crippen MR) is 59.9 cm³/mol. The van der Waals surface area contributed by atoms with Gasteiger partial charge in [0.15, 0.2) is 0 Å². The molecule has 1 aromatic rings. The molecule has 1 heterocycles. The van der Waals surface area contributed by atoms with Gasteiger partial charge in [0.25, 0.3) is 5.91 Å². The lowest BCUT2D eigenvalue weighted by Gasteiger charge is -2.49. The lowest BCUT2D eigenvalue weighted by atomic mass is 9.64. The highest BCUT2D eigenvalue weighted by Gasteiger charge is 2.48. The molecular formula is C12H15FN2O2. The summed E-state index contributed by atoms with van der Waals surface area (Å²) in [4.78, 5) is 15.5. The fraction of sp³-hybridized carbons (Fsp3) is 0.500. The number of amides is 1. The zero-order valence-electron chi connectivity index (χ0n) is 9.77. The predicted octanol–water partition coefficient (Wildman–Crippen LogP) is 1.11. The topological polar surface area (TPSA) is 62.2 Å². The molecule has 2 N–H and O–H groups in total. The molecule has 0 spiro atoms. The molecule has 0 aromatic carbocycles. The summed E-state index contributed by atoms with van der Waals surface area (Å²) in [6, 6.07) is 2.46. The van der Waals surface area contributed by atoms with Crippen LogP contribution in [-0.2, 0) is 0 Å². The van der Waals surface area contributed by atoms with E-state index in [2.05, 4.69) is 10.3 Å². The Morgan fingerprint density at radius 3 is 2.76 bits per heavy atom. The smallest absolute Gasteiger partial charge is 0.270 e. The number of hydrogen-bond acceptors (Lipinski definition) is 3. The van der Waals surface area contributed by atoms with Crippen molar-refractivity contribution in [2.45, 2.75) is 32.4 Å². The molecule has 1 fully saturated rings. The van der Waals surface area contributed by atoms with E-state index in [-0.39, 0.29) is 23.1 Å². The van der Waals surface area contributed by atoms with E-state index in [4.69, 9.17) is 0 Å². The zero-order chi connectivity index (χ0) is 12.6. The maximum absolute atomic E-state index is 12.6. The first-order valence-electron chi connectivity index (χ1n) is 5.51. The molecule has 1 aromatic heterocycles. The third-order valence-electron chi connectivity index (χ3n) is 3.48. The van der Waals surface area contributed by atoms with Crippen LogP contribution in [0.15, 0.2) is 18.3 Å². The molecule has 0 radical (unpaired) electrons. The summed E-state index contributed by atoms with van der Waals surface area (Å²) < 4.78 is 12.6. The van der Waals surface area contributed by atoms with Crippen LogP contribution >= 0.6 is 0 Å². The van der Waals surface area contributed by atoms with E-state index in [1.807, 2.05) is 13.8 Å². The van der Waals surface area contributed by atoms with Gasteiger partial charge in [-0.3, -0.25) is 4.79 Å². The highest BCUT2D eigenvalue weighted by molar-refractivity contribution is 5.92. The van der Waals surface area contributed by atoms with Gasteiger partial charge in [0, 0.05) is 11.5 Å². The van der Waals surface area contributed by atoms with Gasteiger partial charge in [0.2, 0.25) is 0 Å². The number of pyridine rings is 1. The van der Waals surface area contributed by atoms with Crippen molar-refractivity contribution in [3.63, 3.8) is 0 Å². The number of aromatic nitrogens is 1. The average molecular weight is 238 g/mol. The molecule has 1 saturated carbocycles. The van der Waals surface area contributed by atoms with Crippen LogP contribution < -0.4 is 5.32 Å². The Morgan fingerprint density at radius 2 is 2.29 bits per heavy atom. The van der Waals surface area contributed by atoms with Crippen LogP contribution in [0.4, 0.5) is 4.39 Å². The Hall–Kier alpha value is -1.49. The lowest BCUT2D eigenvalue weighted by Crippen LogP contribution is -2.61. The first kappa shape index (κ1) is 12.0. The third-order valence-corrected chi connectivity index (χ3v) is 3.48. The van der Waals surface area contributed by atoms with Gasteiger partial charge in [-0.15, -0.1) is 0 Å². The van der Waals surface area contributed by atoms with Crippen molar-refractivity contribution in [1.29, 1.82) is 0 Å². The number of nitrogens with one attached hydrogen (secondary N) is 1. The summed E-state index contributed by atoms with van der Waals surface area (Å²) in [5.41, 5.74) is -0.140. The summed E-state index contributed by atoms with van der Waals surface area (Å²) in [5, 5.41) is 12.3. The van der Waals surface area contributed by atoms with Crippen molar-refractivity contribution < 1.29 is 14.3 Å². The molecule has 92 valence electrons. The second kappa shape index (κ2) is 4.07. The first-order chi connectivity index (χ1) is 7.91. The van der Waals surface area contributed by atoms with Crippen molar-refractivity contribution in [2.24, 2.45) is 5.41 Å². The summed E-state index contributed by atoms with van der Waals surface area (Å²) >= 11 is 0. The van der Waals surface area contributed by atoms with Crippen LogP contribution in [0.5, 0.6) is 0 Å². The van der Waals surface area contributed by atoms with Gasteiger partial charge >= 0.3 is 0 Å². The molecule has 5 heteroatoms. The minimum atomic E-state index is -0.471. The van der Waals surface area contributed by atoms with E-state index < -0.39 is 11.9 Å². The van der Waals surface area contributed by atoms with Crippen molar-refractivity contribution in [1.82, 2.24) is 10.3 Å². The molecule has 1 aliphatic carbocycles. The van der Waals surface area contributed by atoms with E-state index in [9.17, 15) is 14.3 Å². The fourth-order valence-electron chi connectivity index (χ4n) is 1.89. The van der Waals surface area contributed by atoms with Crippen molar-refractivity contribution >= 4 is 5.91 Å². The number of nitrogens with zero attached hydrogens (tertiary/aromatic N) is 1. The monoisotopic (exact) mass is 238 g/mol. The molecule has 2 rings (SSSR count). The van der Waals surface area contributed by atoms with Gasteiger partial charge < -0.3 is 10.4 Å². The van der Waals surface area contributed by atoms with E-state index in [0.717, 1.165) is 6.20 Å². The molecule has 4 nitrogen and oxygen atoms in total. The Labute approximate surface area is 98.9 Å². The molecule has 0 bridgehead atoms. The summed E-state index contributed by atoms with van der Waals surface area (Å²) in [7, 11) is 0. The highest BCUT2D eigenvalue weighted by atomic mass is 19.1. The number of carbonyl (C=O) groups is 1. The van der Waals surface area contributed by atoms with E-state index in [1.165, 1.54) is 12.1 Å². The molecule has 0 aliphatic heterocycles. The number of aliphatic hydroxyl groups is 1. The molecule has 2 atom stereocenters. The van der Waals surface area contributed by atoms with Crippen LogP contribution in [-0.4, -0.2) is 28.1 Å². The van der Waals surface area contributed by atoms with Gasteiger partial charge in [-0.25, -0.2) is 9.37 Å². The van der Waals surface area contributed by atoms with Gasteiger partial charge in [-0.2, -0.15) is 0 Å². The van der Waals surface area contributed by atoms with Crippen molar-refractivity contribution in [3.05, 3.63) is 29.8 Å². The second-order valence-electron chi connectivity index (χ2n) is 4.96. The molecule has 17 heavy (non-hydrogen) atoms. The van der Waals surface area contributed by atoms with Crippen LogP contribution in [0.2, 0.25) is 0 Å². The maximum atomic E-state index is 12.6. The van der Waals surface area contributed by atoms with E-state index in [1.54, 1.807) is 0 Å². The first-order valence-corrected chi connectivity index (χ1v) is 5.51. The second-order valence-corrected chi connectivity index (χ2v) is 4.96. The maximum Gasteiger partial charge on any atom is 0.270 e. The lowest BCUT2D eigenvalue weighted by molar-refractivity contribution is -0.0690.